The average molecular weight is 487 g/mol. The third-order valence-electron chi connectivity index (χ3n) is 5.05. The van der Waals surface area contributed by atoms with E-state index in [4.69, 9.17) is 12.2 Å². The minimum atomic E-state index is -3.70. The van der Waals surface area contributed by atoms with E-state index in [-0.39, 0.29) is 10.4 Å². The van der Waals surface area contributed by atoms with Crippen LogP contribution in [-0.4, -0.2) is 17.4 Å². The monoisotopic (exact) mass is 486 g/mol. The molecule has 0 spiro atoms. The summed E-state index contributed by atoms with van der Waals surface area (Å²) in [4.78, 5) is 5.30. The second-order valence-electron chi connectivity index (χ2n) is 7.63. The van der Waals surface area contributed by atoms with Gasteiger partial charge in [0.15, 0.2) is 5.13 Å². The quantitative estimate of drug-likeness (QED) is 0.354. The zero-order chi connectivity index (χ0) is 21.8. The van der Waals surface area contributed by atoms with Crippen molar-refractivity contribution in [2.45, 2.75) is 24.3 Å². The fourth-order valence-electron chi connectivity index (χ4n) is 3.62. The Balaban J connectivity index is 1.56. The highest BCUT2D eigenvalue weighted by molar-refractivity contribution is 7.93. The van der Waals surface area contributed by atoms with Crippen LogP contribution in [0.25, 0.3) is 16.8 Å². The van der Waals surface area contributed by atoms with E-state index in [1.807, 2.05) is 16.1 Å². The van der Waals surface area contributed by atoms with E-state index in [1.54, 1.807) is 47.4 Å². The molecule has 0 radical (unpaired) electrons. The molecule has 0 atom stereocenters. The van der Waals surface area contributed by atoms with Gasteiger partial charge in [-0.05, 0) is 44.2 Å². The van der Waals surface area contributed by atoms with Gasteiger partial charge in [0.2, 0.25) is 0 Å². The summed E-state index contributed by atoms with van der Waals surface area (Å²) >= 11 is 8.68. The van der Waals surface area contributed by atoms with Crippen molar-refractivity contribution in [3.63, 3.8) is 0 Å². The number of nitrogens with zero attached hydrogens (tertiary/aromatic N) is 2. The topological polar surface area (TPSA) is 76.0 Å². The van der Waals surface area contributed by atoms with Crippen molar-refractivity contribution in [1.82, 2.24) is 8.94 Å². The molecule has 1 aliphatic heterocycles. The number of rotatable bonds is 4. The molecule has 0 fully saturated rings. The summed E-state index contributed by atoms with van der Waals surface area (Å²) < 4.78 is 30.4. The van der Waals surface area contributed by atoms with E-state index in [1.165, 1.54) is 11.3 Å². The second-order valence-corrected chi connectivity index (χ2v) is 11.5. The molecule has 6 nitrogen and oxygen atoms in total. The first-order valence-corrected chi connectivity index (χ1v) is 13.0. The van der Waals surface area contributed by atoms with E-state index < -0.39 is 10.0 Å². The van der Waals surface area contributed by atoms with Crippen LogP contribution in [0.4, 0.5) is 10.8 Å². The molecule has 5 rings (SSSR count). The van der Waals surface area contributed by atoms with Crippen LogP contribution >= 0.6 is 35.1 Å². The Morgan fingerprint density at radius 1 is 1.13 bits per heavy atom. The van der Waals surface area contributed by atoms with Crippen LogP contribution in [0.15, 0.2) is 65.0 Å². The zero-order valence-electron chi connectivity index (χ0n) is 16.6. The first-order valence-electron chi connectivity index (χ1n) is 9.43. The van der Waals surface area contributed by atoms with Gasteiger partial charge in [-0.3, -0.25) is 8.68 Å². The summed E-state index contributed by atoms with van der Waals surface area (Å²) in [5.41, 5.74) is 3.76. The number of thiazole rings is 1. The van der Waals surface area contributed by atoms with Crippen molar-refractivity contribution in [3.8, 4) is 16.8 Å². The van der Waals surface area contributed by atoms with Crippen molar-refractivity contribution in [2.24, 2.45) is 0 Å². The predicted octanol–water partition coefficient (Wildman–Crippen LogP) is 5.85. The van der Waals surface area contributed by atoms with Crippen LogP contribution < -0.4 is 10.0 Å². The molecule has 3 heterocycles. The summed E-state index contributed by atoms with van der Waals surface area (Å²) in [5.74, 6) is 0. The molecule has 0 saturated carbocycles. The van der Waals surface area contributed by atoms with Crippen LogP contribution in [0, 0.1) is 4.64 Å². The molecule has 31 heavy (non-hydrogen) atoms. The van der Waals surface area contributed by atoms with Gasteiger partial charge in [-0.1, -0.05) is 41.9 Å². The smallest absolute Gasteiger partial charge is 0.263 e. The Bertz CT molecular complexity index is 1430. The Morgan fingerprint density at radius 2 is 1.87 bits per heavy atom. The van der Waals surface area contributed by atoms with Crippen LogP contribution in [0.3, 0.4) is 0 Å². The summed E-state index contributed by atoms with van der Waals surface area (Å²) in [6.45, 7) is 4.27. The maximum atomic E-state index is 12.6. The lowest BCUT2D eigenvalue weighted by molar-refractivity contribution is 0.601. The highest BCUT2D eigenvalue weighted by Crippen LogP contribution is 2.47. The number of fused-ring (bicyclic) bond motifs is 3. The van der Waals surface area contributed by atoms with Crippen molar-refractivity contribution in [2.75, 3.05) is 10.0 Å². The maximum absolute atomic E-state index is 12.6. The fraction of sp³-hybridized carbons (Fsp3) is 0.143. The highest BCUT2D eigenvalue weighted by Gasteiger charge is 2.34. The van der Waals surface area contributed by atoms with Crippen molar-refractivity contribution in [3.05, 3.63) is 69.6 Å². The third-order valence-corrected chi connectivity index (χ3v) is 9.20. The van der Waals surface area contributed by atoms with Gasteiger partial charge < -0.3 is 5.32 Å². The number of hydrogen-bond acceptors (Lipinski definition) is 7. The van der Waals surface area contributed by atoms with E-state index in [0.29, 0.717) is 5.13 Å². The lowest BCUT2D eigenvalue weighted by Gasteiger charge is -2.33. The minimum absolute atomic E-state index is 0.173. The van der Waals surface area contributed by atoms with E-state index in [0.717, 1.165) is 32.0 Å². The molecule has 4 aromatic rings. The number of anilines is 2. The molecule has 158 valence electrons. The molecule has 0 unspecified atom stereocenters. The van der Waals surface area contributed by atoms with E-state index >= 15 is 0 Å². The Morgan fingerprint density at radius 3 is 2.58 bits per heavy atom. The van der Waals surface area contributed by atoms with Crippen LogP contribution in [0.5, 0.6) is 0 Å². The predicted molar refractivity (Wildman–Crippen MR) is 129 cm³/mol. The molecule has 2 N–H and O–H groups in total. The van der Waals surface area contributed by atoms with Gasteiger partial charge in [0.1, 0.15) is 4.64 Å². The molecule has 0 amide bonds. The van der Waals surface area contributed by atoms with Crippen LogP contribution in [-0.2, 0) is 15.6 Å². The summed E-state index contributed by atoms with van der Waals surface area (Å²) in [6.07, 6.45) is 1.56. The third kappa shape index (κ3) is 3.49. The summed E-state index contributed by atoms with van der Waals surface area (Å²) in [5, 5.41) is 5.65. The molecule has 2 aromatic heterocycles. The van der Waals surface area contributed by atoms with Gasteiger partial charge in [0, 0.05) is 28.4 Å². The van der Waals surface area contributed by atoms with Gasteiger partial charge in [-0.15, -0.1) is 11.3 Å². The van der Waals surface area contributed by atoms with Gasteiger partial charge in [-0.25, -0.2) is 13.4 Å². The number of aromatic nitrogens is 2. The second kappa shape index (κ2) is 7.27. The summed E-state index contributed by atoms with van der Waals surface area (Å²) in [6, 6.07) is 14.9. The molecule has 0 saturated heterocycles. The lowest BCUT2D eigenvalue weighted by Crippen LogP contribution is -2.30. The molecule has 1 aliphatic rings. The van der Waals surface area contributed by atoms with Gasteiger partial charge in [-0.2, -0.15) is 0 Å². The lowest BCUT2D eigenvalue weighted by atomic mass is 9.90. The normalized spacial score (nSPS) is 14.4. The SMILES string of the molecule is CC1(C)Nc2ccccc2-c2c1sn(-c1ccc(S(=O)(=O)Nc3nccs3)cc1)c2=S. The Kier molecular flexibility index (Phi) is 4.78. The van der Waals surface area contributed by atoms with Gasteiger partial charge >= 0.3 is 0 Å². The van der Waals surface area contributed by atoms with E-state index in [9.17, 15) is 8.42 Å². The van der Waals surface area contributed by atoms with Gasteiger partial charge in [0.05, 0.1) is 21.0 Å². The summed E-state index contributed by atoms with van der Waals surface area (Å²) in [7, 11) is -3.70. The standard InChI is InChI=1S/C21H18N4O2S4/c1-21(2)18-17(15-5-3-4-6-16(15)23-21)19(28)25(30-18)13-7-9-14(10-8-13)31(26,27)24-20-22-11-12-29-20/h3-12,23H,1-2H3,(H,22,24). The molecule has 10 heteroatoms. The van der Waals surface area contributed by atoms with Crippen LogP contribution in [0.1, 0.15) is 18.7 Å². The molecule has 0 aliphatic carbocycles. The molecule has 2 aromatic carbocycles. The number of benzene rings is 2. The molecule has 0 bridgehead atoms. The van der Waals surface area contributed by atoms with Crippen molar-refractivity contribution in [1.29, 1.82) is 0 Å². The minimum Gasteiger partial charge on any atom is -0.375 e. The van der Waals surface area contributed by atoms with Gasteiger partial charge in [0.25, 0.3) is 10.0 Å². The van der Waals surface area contributed by atoms with Crippen molar-refractivity contribution < 1.29 is 8.42 Å². The fourth-order valence-corrected chi connectivity index (χ4v) is 7.07. The highest BCUT2D eigenvalue weighted by atomic mass is 32.2. The first-order chi connectivity index (χ1) is 14.8. The molecular weight excluding hydrogens is 469 g/mol. The number of nitrogens with one attached hydrogen (secondary N) is 2. The Hall–Kier alpha value is -2.53. The first kappa shape index (κ1) is 20.4. The maximum Gasteiger partial charge on any atom is 0.263 e. The van der Waals surface area contributed by atoms with E-state index in [2.05, 4.69) is 41.0 Å². The number of sulfonamides is 1. The Labute approximate surface area is 193 Å². The largest absolute Gasteiger partial charge is 0.375 e. The number of para-hydroxylation sites is 1. The van der Waals surface area contributed by atoms with Crippen LogP contribution in [0.2, 0.25) is 0 Å². The zero-order valence-corrected chi connectivity index (χ0v) is 19.9. The average Bonchev–Trinajstić information content (AvgIpc) is 3.36. The van der Waals surface area contributed by atoms with Crippen molar-refractivity contribution >= 4 is 55.9 Å². The number of hydrogen-bond donors (Lipinski definition) is 2. The molecular formula is C21H18N4O2S4.